The average Bonchev–Trinajstić information content (AvgIpc) is 2.26. The molecule has 0 aliphatic carbocycles. The van der Waals surface area contributed by atoms with Crippen molar-refractivity contribution in [2.24, 2.45) is 4.36 Å². The van der Waals surface area contributed by atoms with Gasteiger partial charge in [0.25, 0.3) is 0 Å². The maximum absolute atomic E-state index is 11.9. The lowest BCUT2D eigenvalue weighted by atomic mass is 10.1. The zero-order valence-electron chi connectivity index (χ0n) is 13.5. The Labute approximate surface area is 124 Å². The van der Waals surface area contributed by atoms with Gasteiger partial charge in [0.05, 0.1) is 11.3 Å². The third-order valence-electron chi connectivity index (χ3n) is 2.63. The van der Waals surface area contributed by atoms with Crippen LogP contribution in [0.3, 0.4) is 0 Å². The second-order valence-corrected chi connectivity index (χ2v) is 9.09. The van der Waals surface area contributed by atoms with Crippen molar-refractivity contribution in [3.8, 4) is 0 Å². The van der Waals surface area contributed by atoms with Crippen LogP contribution in [0.4, 0.5) is 5.69 Å². The molecule has 1 aromatic carbocycles. The first-order valence-electron chi connectivity index (χ1n) is 6.70. The molecular formula is C16H25NO2S. The second kappa shape index (κ2) is 6.08. The van der Waals surface area contributed by atoms with E-state index in [0.717, 1.165) is 5.69 Å². The van der Waals surface area contributed by atoms with Crippen molar-refractivity contribution in [2.45, 2.75) is 51.9 Å². The molecule has 3 nitrogen and oxygen atoms in total. The smallest absolute Gasteiger partial charge is 0.338 e. The average molecular weight is 295 g/mol. The van der Waals surface area contributed by atoms with Crippen molar-refractivity contribution in [2.75, 3.05) is 6.26 Å². The summed E-state index contributed by atoms with van der Waals surface area (Å²) in [4.78, 5) is 11.9. The van der Waals surface area contributed by atoms with E-state index in [2.05, 4.69) is 31.4 Å². The summed E-state index contributed by atoms with van der Waals surface area (Å²) in [7, 11) is -0.0627. The normalized spacial score (nSPS) is 14.2. The molecule has 0 N–H and O–H groups in total. The third-order valence-corrected chi connectivity index (χ3v) is 4.89. The van der Waals surface area contributed by atoms with Crippen molar-refractivity contribution < 1.29 is 9.53 Å². The summed E-state index contributed by atoms with van der Waals surface area (Å²) in [5.74, 6) is -0.296. The van der Waals surface area contributed by atoms with Gasteiger partial charge in [-0.05, 0) is 51.3 Å². The van der Waals surface area contributed by atoms with Gasteiger partial charge in [-0.15, -0.1) is 0 Å². The van der Waals surface area contributed by atoms with Crippen LogP contribution in [0, 0.1) is 0 Å². The van der Waals surface area contributed by atoms with E-state index in [-0.39, 0.29) is 21.4 Å². The number of ether oxygens (including phenoxy) is 1. The number of rotatable bonds is 2. The molecule has 0 saturated carbocycles. The monoisotopic (exact) mass is 295 g/mol. The SMILES string of the molecule is CS(=Nc1ccc(C(=O)OC(C)(C)C)cc1)C(C)(C)C. The molecule has 1 unspecified atom stereocenters. The highest BCUT2D eigenvalue weighted by molar-refractivity contribution is 7.88. The van der Waals surface area contributed by atoms with Gasteiger partial charge in [-0.1, -0.05) is 31.5 Å². The summed E-state index contributed by atoms with van der Waals surface area (Å²) in [6, 6.07) is 7.28. The Morgan fingerprint density at radius 1 is 1.05 bits per heavy atom. The molecule has 0 spiro atoms. The Morgan fingerprint density at radius 3 is 1.95 bits per heavy atom. The van der Waals surface area contributed by atoms with E-state index >= 15 is 0 Å². The Kier molecular flexibility index (Phi) is 5.14. The van der Waals surface area contributed by atoms with Gasteiger partial charge in [0.2, 0.25) is 0 Å². The van der Waals surface area contributed by atoms with Gasteiger partial charge in [-0.3, -0.25) is 0 Å². The topological polar surface area (TPSA) is 38.7 Å². The molecule has 1 atom stereocenters. The van der Waals surface area contributed by atoms with Crippen LogP contribution >= 0.6 is 0 Å². The maximum atomic E-state index is 11.9. The van der Waals surface area contributed by atoms with Gasteiger partial charge in [0, 0.05) is 4.75 Å². The molecule has 0 aliphatic rings. The largest absolute Gasteiger partial charge is 0.456 e. The fourth-order valence-electron chi connectivity index (χ4n) is 1.29. The number of hydrogen-bond donors (Lipinski definition) is 0. The molecule has 0 aliphatic heterocycles. The molecular weight excluding hydrogens is 270 g/mol. The van der Waals surface area contributed by atoms with E-state index in [9.17, 15) is 4.79 Å². The van der Waals surface area contributed by atoms with Crippen LogP contribution in [-0.4, -0.2) is 22.6 Å². The quantitative estimate of drug-likeness (QED) is 0.753. The summed E-state index contributed by atoms with van der Waals surface area (Å²) in [5, 5.41) is 0. The van der Waals surface area contributed by atoms with Gasteiger partial charge in [-0.2, -0.15) is 0 Å². The maximum Gasteiger partial charge on any atom is 0.338 e. The fraction of sp³-hybridized carbons (Fsp3) is 0.562. The van der Waals surface area contributed by atoms with Crippen molar-refractivity contribution in [1.29, 1.82) is 0 Å². The number of esters is 1. The Morgan fingerprint density at radius 2 is 1.55 bits per heavy atom. The minimum Gasteiger partial charge on any atom is -0.456 e. The molecule has 20 heavy (non-hydrogen) atoms. The summed E-state index contributed by atoms with van der Waals surface area (Å²) in [6.07, 6.45) is 2.13. The predicted octanol–water partition coefficient (Wildman–Crippen LogP) is 4.50. The first kappa shape index (κ1) is 16.9. The highest BCUT2D eigenvalue weighted by Crippen LogP contribution is 2.20. The fourth-order valence-corrected chi connectivity index (χ4v) is 2.00. The zero-order valence-corrected chi connectivity index (χ0v) is 14.3. The van der Waals surface area contributed by atoms with Crippen LogP contribution < -0.4 is 0 Å². The molecule has 112 valence electrons. The van der Waals surface area contributed by atoms with Crippen molar-refractivity contribution >= 4 is 22.3 Å². The molecule has 0 bridgehead atoms. The molecule has 0 saturated heterocycles. The van der Waals surface area contributed by atoms with E-state index in [4.69, 9.17) is 4.74 Å². The first-order valence-corrected chi connectivity index (χ1v) is 8.29. The van der Waals surface area contributed by atoms with Crippen LogP contribution in [0.2, 0.25) is 0 Å². The van der Waals surface area contributed by atoms with E-state index < -0.39 is 5.60 Å². The molecule has 0 aromatic heterocycles. The minimum absolute atomic E-state index is 0.0627. The molecule has 1 rings (SSSR count). The van der Waals surface area contributed by atoms with Crippen molar-refractivity contribution in [3.05, 3.63) is 29.8 Å². The molecule has 0 heterocycles. The standard InChI is InChI=1S/C16H25NO2S/c1-15(2,3)19-14(18)12-8-10-13(11-9-12)17-20(7)16(4,5)6/h8-11H,1-7H3. The number of benzene rings is 1. The first-order chi connectivity index (χ1) is 8.99. The Bertz CT molecular complexity index is 505. The summed E-state index contributed by atoms with van der Waals surface area (Å²) in [6.45, 7) is 12.1. The van der Waals surface area contributed by atoms with Crippen molar-refractivity contribution in [1.82, 2.24) is 0 Å². The van der Waals surface area contributed by atoms with Crippen molar-refractivity contribution in [3.63, 3.8) is 0 Å². The zero-order chi connectivity index (χ0) is 15.6. The van der Waals surface area contributed by atoms with Gasteiger partial charge in [0.1, 0.15) is 5.60 Å². The van der Waals surface area contributed by atoms with Gasteiger partial charge in [0.15, 0.2) is 0 Å². The Balaban J connectivity index is 2.87. The van der Waals surface area contributed by atoms with E-state index in [1.54, 1.807) is 12.1 Å². The number of carbonyl (C=O) groups is 1. The second-order valence-electron chi connectivity index (χ2n) is 6.73. The lowest BCUT2D eigenvalue weighted by Gasteiger charge is -2.20. The van der Waals surface area contributed by atoms with E-state index in [1.165, 1.54) is 0 Å². The number of nitrogens with zero attached hydrogens (tertiary/aromatic N) is 1. The predicted molar refractivity (Wildman–Crippen MR) is 86.7 cm³/mol. The molecule has 0 fully saturated rings. The molecule has 1 aromatic rings. The lowest BCUT2D eigenvalue weighted by molar-refractivity contribution is 0.00696. The molecule has 0 radical (unpaired) electrons. The van der Waals surface area contributed by atoms with E-state index in [1.807, 2.05) is 32.9 Å². The summed E-state index contributed by atoms with van der Waals surface area (Å²) in [5.41, 5.74) is 0.992. The van der Waals surface area contributed by atoms with Gasteiger partial charge in [-0.25, -0.2) is 9.16 Å². The van der Waals surface area contributed by atoms with Crippen LogP contribution in [-0.2, 0) is 15.4 Å². The number of carbonyl (C=O) groups excluding carboxylic acids is 1. The van der Waals surface area contributed by atoms with Gasteiger partial charge < -0.3 is 4.74 Å². The molecule has 0 amide bonds. The van der Waals surface area contributed by atoms with E-state index in [0.29, 0.717) is 5.56 Å². The summed E-state index contributed by atoms with van der Waals surface area (Å²) >= 11 is 0. The van der Waals surface area contributed by atoms with Crippen LogP contribution in [0.25, 0.3) is 0 Å². The molecule has 4 heteroatoms. The Hall–Kier alpha value is -1.16. The highest BCUT2D eigenvalue weighted by atomic mass is 32.2. The van der Waals surface area contributed by atoms with Gasteiger partial charge >= 0.3 is 5.97 Å². The minimum atomic E-state index is -0.470. The van der Waals surface area contributed by atoms with Crippen LogP contribution in [0.5, 0.6) is 0 Å². The highest BCUT2D eigenvalue weighted by Gasteiger charge is 2.17. The van der Waals surface area contributed by atoms with Crippen LogP contribution in [0.1, 0.15) is 51.9 Å². The van der Waals surface area contributed by atoms with Crippen LogP contribution in [0.15, 0.2) is 28.6 Å². The lowest BCUT2D eigenvalue weighted by Crippen LogP contribution is -2.23. The summed E-state index contributed by atoms with van der Waals surface area (Å²) < 4.78 is 10.2. The third kappa shape index (κ3) is 5.45. The number of hydrogen-bond acceptors (Lipinski definition) is 3.